The Morgan fingerprint density at radius 2 is 1.71 bits per heavy atom. The molecule has 0 spiro atoms. The number of hydrogen-bond acceptors (Lipinski definition) is 2. The summed E-state index contributed by atoms with van der Waals surface area (Å²) in [5.74, 6) is 0.750. The Morgan fingerprint density at radius 1 is 1.12 bits per heavy atom. The Morgan fingerprint density at radius 3 is 2.12 bits per heavy atom. The molecule has 0 radical (unpaired) electrons. The maximum Gasteiger partial charge on any atom is 0.0833 e. The first-order chi connectivity index (χ1) is 8.24. The molecule has 0 heterocycles. The summed E-state index contributed by atoms with van der Waals surface area (Å²) in [6.45, 7) is 7.98. The topological polar surface area (TPSA) is 21.3 Å². The summed E-state index contributed by atoms with van der Waals surface area (Å²) in [5.41, 5.74) is 0.117. The van der Waals surface area contributed by atoms with Gasteiger partial charge < -0.3 is 10.1 Å². The van der Waals surface area contributed by atoms with E-state index >= 15 is 0 Å². The van der Waals surface area contributed by atoms with Crippen molar-refractivity contribution in [3.8, 4) is 0 Å². The van der Waals surface area contributed by atoms with Crippen LogP contribution in [0.3, 0.4) is 0 Å². The Hall–Kier alpha value is -0.0800. The van der Waals surface area contributed by atoms with Gasteiger partial charge >= 0.3 is 0 Å². The van der Waals surface area contributed by atoms with Crippen molar-refractivity contribution in [3.05, 3.63) is 0 Å². The quantitative estimate of drug-likeness (QED) is 0.699. The second-order valence-corrected chi connectivity index (χ2v) is 5.48. The highest BCUT2D eigenvalue weighted by molar-refractivity contribution is 4.99. The number of methoxy groups -OCH3 is 1. The van der Waals surface area contributed by atoms with Crippen LogP contribution >= 0.6 is 0 Å². The molecule has 17 heavy (non-hydrogen) atoms. The molecule has 1 rings (SSSR count). The average Bonchev–Trinajstić information content (AvgIpc) is 2.84. The van der Waals surface area contributed by atoms with E-state index in [4.69, 9.17) is 4.74 Å². The lowest BCUT2D eigenvalue weighted by Crippen LogP contribution is -2.54. The molecular weight excluding hydrogens is 210 g/mol. The molecule has 0 aromatic heterocycles. The molecule has 1 saturated carbocycles. The molecule has 0 saturated heterocycles. The predicted molar refractivity (Wildman–Crippen MR) is 74.4 cm³/mol. The van der Waals surface area contributed by atoms with Gasteiger partial charge in [0, 0.05) is 13.2 Å². The van der Waals surface area contributed by atoms with Crippen LogP contribution in [0.4, 0.5) is 0 Å². The molecule has 102 valence electrons. The van der Waals surface area contributed by atoms with Crippen LogP contribution in [0.2, 0.25) is 0 Å². The number of hydrogen-bond donors (Lipinski definition) is 1. The van der Waals surface area contributed by atoms with E-state index in [-0.39, 0.29) is 5.60 Å². The zero-order valence-corrected chi connectivity index (χ0v) is 12.2. The van der Waals surface area contributed by atoms with Crippen molar-refractivity contribution in [3.63, 3.8) is 0 Å². The van der Waals surface area contributed by atoms with Crippen molar-refractivity contribution < 1.29 is 4.74 Å². The Balaban J connectivity index is 2.78. The summed E-state index contributed by atoms with van der Waals surface area (Å²) < 4.78 is 5.98. The van der Waals surface area contributed by atoms with Crippen molar-refractivity contribution in [1.29, 1.82) is 0 Å². The van der Waals surface area contributed by atoms with E-state index in [9.17, 15) is 0 Å². The fraction of sp³-hybridized carbons (Fsp3) is 1.00. The number of rotatable bonds is 8. The zero-order valence-electron chi connectivity index (χ0n) is 12.2. The molecule has 1 fully saturated rings. The molecule has 0 bridgehead atoms. The van der Waals surface area contributed by atoms with Gasteiger partial charge in [0.1, 0.15) is 0 Å². The average molecular weight is 241 g/mol. The van der Waals surface area contributed by atoms with Crippen LogP contribution in [-0.4, -0.2) is 25.3 Å². The normalized spacial score (nSPS) is 21.0. The van der Waals surface area contributed by atoms with Gasteiger partial charge in [-0.05, 0) is 31.7 Å². The van der Waals surface area contributed by atoms with E-state index in [0.29, 0.717) is 6.04 Å². The first-order valence-electron chi connectivity index (χ1n) is 7.52. The maximum absolute atomic E-state index is 5.98. The third kappa shape index (κ3) is 3.45. The summed E-state index contributed by atoms with van der Waals surface area (Å²) in [6.07, 6.45) is 8.85. The van der Waals surface area contributed by atoms with E-state index in [2.05, 4.69) is 26.1 Å². The molecule has 0 amide bonds. The fourth-order valence-electron chi connectivity index (χ4n) is 3.46. The monoisotopic (exact) mass is 241 g/mol. The molecule has 1 atom stereocenters. The van der Waals surface area contributed by atoms with Gasteiger partial charge in [-0.2, -0.15) is 0 Å². The SMILES string of the molecule is CCCNC(C(CC)CC)C1(OC)CCCC1. The van der Waals surface area contributed by atoms with Crippen LogP contribution in [0.1, 0.15) is 65.7 Å². The predicted octanol–water partition coefficient (Wildman–Crippen LogP) is 3.75. The van der Waals surface area contributed by atoms with Gasteiger partial charge in [0.15, 0.2) is 0 Å². The minimum absolute atomic E-state index is 0.117. The molecule has 0 aliphatic heterocycles. The van der Waals surface area contributed by atoms with Crippen LogP contribution in [0.25, 0.3) is 0 Å². The molecule has 1 N–H and O–H groups in total. The summed E-state index contributed by atoms with van der Waals surface area (Å²) >= 11 is 0. The second-order valence-electron chi connectivity index (χ2n) is 5.48. The molecule has 2 nitrogen and oxygen atoms in total. The van der Waals surface area contributed by atoms with E-state index in [1.54, 1.807) is 0 Å². The smallest absolute Gasteiger partial charge is 0.0833 e. The van der Waals surface area contributed by atoms with Crippen molar-refractivity contribution in [2.45, 2.75) is 77.4 Å². The summed E-state index contributed by atoms with van der Waals surface area (Å²) in [5, 5.41) is 3.78. The van der Waals surface area contributed by atoms with Crippen molar-refractivity contribution in [2.24, 2.45) is 5.92 Å². The van der Waals surface area contributed by atoms with E-state index in [0.717, 1.165) is 12.5 Å². The lowest BCUT2D eigenvalue weighted by atomic mass is 9.80. The Kier molecular flexibility index (Phi) is 6.50. The standard InChI is InChI=1S/C15H31NO/c1-5-12-16-14(13(6-2)7-3)15(17-4)10-8-9-11-15/h13-14,16H,5-12H2,1-4H3. The lowest BCUT2D eigenvalue weighted by molar-refractivity contribution is -0.0529. The van der Waals surface area contributed by atoms with Crippen molar-refractivity contribution in [2.75, 3.05) is 13.7 Å². The fourth-order valence-corrected chi connectivity index (χ4v) is 3.46. The number of nitrogens with one attached hydrogen (secondary N) is 1. The van der Waals surface area contributed by atoms with Crippen molar-refractivity contribution in [1.82, 2.24) is 5.32 Å². The van der Waals surface area contributed by atoms with Crippen LogP contribution in [0.15, 0.2) is 0 Å². The van der Waals surface area contributed by atoms with Crippen LogP contribution in [0.5, 0.6) is 0 Å². The van der Waals surface area contributed by atoms with Crippen LogP contribution in [-0.2, 0) is 4.74 Å². The molecule has 0 aromatic rings. The summed E-state index contributed by atoms with van der Waals surface area (Å²) in [6, 6.07) is 0.546. The Bertz CT molecular complexity index is 195. The molecule has 1 unspecified atom stereocenters. The van der Waals surface area contributed by atoms with Crippen LogP contribution in [0, 0.1) is 5.92 Å². The first-order valence-corrected chi connectivity index (χ1v) is 7.52. The van der Waals surface area contributed by atoms with Crippen LogP contribution < -0.4 is 5.32 Å². The first kappa shape index (κ1) is 15.0. The van der Waals surface area contributed by atoms with Crippen molar-refractivity contribution >= 4 is 0 Å². The molecule has 1 aliphatic carbocycles. The maximum atomic E-state index is 5.98. The van der Waals surface area contributed by atoms with E-state index < -0.39 is 0 Å². The molecule has 1 aliphatic rings. The van der Waals surface area contributed by atoms with Gasteiger partial charge in [-0.15, -0.1) is 0 Å². The van der Waals surface area contributed by atoms with Gasteiger partial charge in [0.05, 0.1) is 5.60 Å². The van der Waals surface area contributed by atoms with E-state index in [1.807, 2.05) is 7.11 Å². The van der Waals surface area contributed by atoms with Gasteiger partial charge in [-0.3, -0.25) is 0 Å². The highest BCUT2D eigenvalue weighted by atomic mass is 16.5. The van der Waals surface area contributed by atoms with Gasteiger partial charge in [0.25, 0.3) is 0 Å². The lowest BCUT2D eigenvalue weighted by Gasteiger charge is -2.41. The second kappa shape index (κ2) is 7.38. The third-order valence-corrected chi connectivity index (χ3v) is 4.56. The molecular formula is C15H31NO. The van der Waals surface area contributed by atoms with E-state index in [1.165, 1.54) is 44.9 Å². The van der Waals surface area contributed by atoms with Gasteiger partial charge in [-0.1, -0.05) is 46.5 Å². The number of ether oxygens (including phenoxy) is 1. The minimum Gasteiger partial charge on any atom is -0.377 e. The molecule has 2 heteroatoms. The third-order valence-electron chi connectivity index (χ3n) is 4.56. The summed E-state index contributed by atoms with van der Waals surface area (Å²) in [4.78, 5) is 0. The minimum atomic E-state index is 0.117. The largest absolute Gasteiger partial charge is 0.377 e. The summed E-state index contributed by atoms with van der Waals surface area (Å²) in [7, 11) is 1.91. The zero-order chi connectivity index (χ0) is 12.7. The Labute approximate surface area is 108 Å². The highest BCUT2D eigenvalue weighted by Crippen LogP contribution is 2.39. The molecule has 0 aromatic carbocycles. The highest BCUT2D eigenvalue weighted by Gasteiger charge is 2.43. The van der Waals surface area contributed by atoms with Gasteiger partial charge in [0.2, 0.25) is 0 Å². The van der Waals surface area contributed by atoms with Gasteiger partial charge in [-0.25, -0.2) is 0 Å².